The van der Waals surface area contributed by atoms with Gasteiger partial charge in [0.2, 0.25) is 0 Å². The minimum atomic E-state index is -0.138. The molecule has 0 atom stereocenters. The summed E-state index contributed by atoms with van der Waals surface area (Å²) in [5.74, 6) is -0.138. The van der Waals surface area contributed by atoms with Gasteiger partial charge < -0.3 is 5.73 Å². The van der Waals surface area contributed by atoms with Crippen LogP contribution >= 0.6 is 15.9 Å². The lowest BCUT2D eigenvalue weighted by molar-refractivity contribution is -0.0768. The number of nitrogens with zero attached hydrogens (tertiary/aromatic N) is 1. The Labute approximate surface area is 96.1 Å². The van der Waals surface area contributed by atoms with Gasteiger partial charge in [-0.1, -0.05) is 15.9 Å². The molecule has 80 valence electrons. The topological polar surface area (TPSA) is 55.6 Å². The Morgan fingerprint density at radius 2 is 2.27 bits per heavy atom. The number of benzene rings is 1. The van der Waals surface area contributed by atoms with Crippen molar-refractivity contribution < 1.29 is 9.63 Å². The SMILES string of the molecule is Nc1cc(Br)cc(C(=O)N2CCCO2)c1. The molecule has 0 radical (unpaired) electrons. The summed E-state index contributed by atoms with van der Waals surface area (Å²) in [5, 5.41) is 1.38. The second-order valence-corrected chi connectivity index (χ2v) is 4.28. The number of amides is 1. The predicted octanol–water partition coefficient (Wildman–Crippen LogP) is 1.81. The monoisotopic (exact) mass is 270 g/mol. The largest absolute Gasteiger partial charge is 0.399 e. The molecule has 0 saturated carbocycles. The van der Waals surface area contributed by atoms with Crippen LogP contribution in [0, 0.1) is 0 Å². The summed E-state index contributed by atoms with van der Waals surface area (Å²) in [6.07, 6.45) is 0.884. The Morgan fingerprint density at radius 3 is 2.87 bits per heavy atom. The van der Waals surface area contributed by atoms with E-state index in [1.54, 1.807) is 18.2 Å². The van der Waals surface area contributed by atoms with Crippen molar-refractivity contribution in [2.45, 2.75) is 6.42 Å². The fraction of sp³-hybridized carbons (Fsp3) is 0.300. The van der Waals surface area contributed by atoms with Crippen molar-refractivity contribution in [2.75, 3.05) is 18.9 Å². The first-order valence-corrected chi connectivity index (χ1v) is 5.47. The Bertz CT molecular complexity index is 369. The molecule has 1 aliphatic rings. The van der Waals surface area contributed by atoms with E-state index in [2.05, 4.69) is 15.9 Å². The van der Waals surface area contributed by atoms with Crippen LogP contribution in [0.4, 0.5) is 5.69 Å². The van der Waals surface area contributed by atoms with E-state index in [0.717, 1.165) is 10.9 Å². The van der Waals surface area contributed by atoms with Gasteiger partial charge in [-0.25, -0.2) is 5.06 Å². The molecule has 0 aliphatic carbocycles. The maximum Gasteiger partial charge on any atom is 0.277 e. The maximum absolute atomic E-state index is 11.9. The van der Waals surface area contributed by atoms with Crippen molar-refractivity contribution in [1.29, 1.82) is 0 Å². The molecule has 1 amide bonds. The van der Waals surface area contributed by atoms with Crippen molar-refractivity contribution in [3.63, 3.8) is 0 Å². The summed E-state index contributed by atoms with van der Waals surface area (Å²) < 4.78 is 0.796. The van der Waals surface area contributed by atoms with Crippen LogP contribution in [0.5, 0.6) is 0 Å². The van der Waals surface area contributed by atoms with E-state index in [1.807, 2.05) is 0 Å². The highest BCUT2D eigenvalue weighted by Crippen LogP contribution is 2.19. The Morgan fingerprint density at radius 1 is 1.47 bits per heavy atom. The van der Waals surface area contributed by atoms with Crippen LogP contribution < -0.4 is 5.73 Å². The normalized spacial score (nSPS) is 15.7. The van der Waals surface area contributed by atoms with Gasteiger partial charge in [-0.3, -0.25) is 9.63 Å². The predicted molar refractivity (Wildman–Crippen MR) is 60.2 cm³/mol. The molecule has 1 heterocycles. The molecule has 1 saturated heterocycles. The average molecular weight is 271 g/mol. The first-order valence-electron chi connectivity index (χ1n) is 4.67. The van der Waals surface area contributed by atoms with Crippen LogP contribution in [0.1, 0.15) is 16.8 Å². The third-order valence-electron chi connectivity index (χ3n) is 2.15. The number of hydrogen-bond donors (Lipinski definition) is 1. The van der Waals surface area contributed by atoms with Crippen molar-refractivity contribution in [2.24, 2.45) is 0 Å². The van der Waals surface area contributed by atoms with Crippen molar-refractivity contribution in [3.8, 4) is 0 Å². The quantitative estimate of drug-likeness (QED) is 0.792. The van der Waals surface area contributed by atoms with Crippen LogP contribution in [0.15, 0.2) is 22.7 Å². The molecule has 0 spiro atoms. The number of hydrogen-bond acceptors (Lipinski definition) is 3. The molecule has 2 rings (SSSR count). The van der Waals surface area contributed by atoms with Crippen LogP contribution in [-0.2, 0) is 4.84 Å². The van der Waals surface area contributed by atoms with Crippen LogP contribution in [-0.4, -0.2) is 24.1 Å². The molecule has 1 aromatic carbocycles. The lowest BCUT2D eigenvalue weighted by atomic mass is 10.2. The maximum atomic E-state index is 11.9. The van der Waals surface area contributed by atoms with Crippen molar-refractivity contribution >= 4 is 27.5 Å². The summed E-state index contributed by atoms with van der Waals surface area (Å²) in [5.41, 5.74) is 6.76. The van der Waals surface area contributed by atoms with E-state index in [9.17, 15) is 4.79 Å². The highest BCUT2D eigenvalue weighted by atomic mass is 79.9. The summed E-state index contributed by atoms with van der Waals surface area (Å²) in [7, 11) is 0. The van der Waals surface area contributed by atoms with E-state index in [1.165, 1.54) is 5.06 Å². The van der Waals surface area contributed by atoms with Crippen LogP contribution in [0.2, 0.25) is 0 Å². The van der Waals surface area contributed by atoms with Gasteiger partial charge in [0, 0.05) is 15.7 Å². The number of halogens is 1. The van der Waals surface area contributed by atoms with E-state index < -0.39 is 0 Å². The molecule has 0 unspecified atom stereocenters. The third kappa shape index (κ3) is 2.30. The minimum absolute atomic E-state index is 0.138. The second kappa shape index (κ2) is 4.20. The molecular weight excluding hydrogens is 260 g/mol. The number of carbonyl (C=O) groups is 1. The molecule has 4 nitrogen and oxygen atoms in total. The van der Waals surface area contributed by atoms with Gasteiger partial charge in [-0.05, 0) is 24.6 Å². The van der Waals surface area contributed by atoms with E-state index in [4.69, 9.17) is 10.6 Å². The summed E-state index contributed by atoms with van der Waals surface area (Å²) in [6, 6.07) is 5.14. The van der Waals surface area contributed by atoms with Gasteiger partial charge in [-0.15, -0.1) is 0 Å². The van der Waals surface area contributed by atoms with Gasteiger partial charge in [0.15, 0.2) is 0 Å². The number of carbonyl (C=O) groups excluding carboxylic acids is 1. The zero-order valence-electron chi connectivity index (χ0n) is 8.07. The van der Waals surface area contributed by atoms with Gasteiger partial charge in [0.25, 0.3) is 5.91 Å². The fourth-order valence-electron chi connectivity index (χ4n) is 1.49. The van der Waals surface area contributed by atoms with Crippen LogP contribution in [0.25, 0.3) is 0 Å². The third-order valence-corrected chi connectivity index (χ3v) is 2.60. The fourth-order valence-corrected chi connectivity index (χ4v) is 2.00. The molecule has 1 aromatic rings. The van der Waals surface area contributed by atoms with Crippen LogP contribution in [0.3, 0.4) is 0 Å². The van der Waals surface area contributed by atoms with E-state index in [-0.39, 0.29) is 5.91 Å². The molecule has 2 N–H and O–H groups in total. The summed E-state index contributed by atoms with van der Waals surface area (Å²) in [6.45, 7) is 1.25. The Balaban J connectivity index is 2.24. The lowest BCUT2D eigenvalue weighted by Crippen LogP contribution is -2.26. The molecule has 5 heteroatoms. The molecule has 1 aliphatic heterocycles. The Hall–Kier alpha value is -1.07. The number of anilines is 1. The summed E-state index contributed by atoms with van der Waals surface area (Å²) in [4.78, 5) is 17.1. The smallest absolute Gasteiger partial charge is 0.277 e. The highest BCUT2D eigenvalue weighted by Gasteiger charge is 2.21. The van der Waals surface area contributed by atoms with Crippen molar-refractivity contribution in [3.05, 3.63) is 28.2 Å². The van der Waals surface area contributed by atoms with Gasteiger partial charge >= 0.3 is 0 Å². The molecule has 0 bridgehead atoms. The average Bonchev–Trinajstić information content (AvgIpc) is 2.67. The summed E-state index contributed by atoms with van der Waals surface area (Å²) >= 11 is 3.30. The lowest BCUT2D eigenvalue weighted by Gasteiger charge is -2.14. The second-order valence-electron chi connectivity index (χ2n) is 3.37. The van der Waals surface area contributed by atoms with Crippen molar-refractivity contribution in [1.82, 2.24) is 5.06 Å². The number of nitrogens with two attached hydrogens (primary N) is 1. The highest BCUT2D eigenvalue weighted by molar-refractivity contribution is 9.10. The van der Waals surface area contributed by atoms with E-state index >= 15 is 0 Å². The van der Waals surface area contributed by atoms with Gasteiger partial charge in [0.05, 0.1) is 13.2 Å². The van der Waals surface area contributed by atoms with Gasteiger partial charge in [0.1, 0.15) is 0 Å². The molecule has 15 heavy (non-hydrogen) atoms. The number of nitrogen functional groups attached to an aromatic ring is 1. The standard InChI is InChI=1S/C10H11BrN2O2/c11-8-4-7(5-9(12)6-8)10(14)13-2-1-3-15-13/h4-6H,1-3,12H2. The zero-order chi connectivity index (χ0) is 10.8. The first kappa shape index (κ1) is 10.4. The van der Waals surface area contributed by atoms with Gasteiger partial charge in [-0.2, -0.15) is 0 Å². The molecular formula is C10H11BrN2O2. The minimum Gasteiger partial charge on any atom is -0.399 e. The van der Waals surface area contributed by atoms with E-state index in [0.29, 0.717) is 24.4 Å². The molecule has 1 fully saturated rings. The number of rotatable bonds is 1. The first-order chi connectivity index (χ1) is 7.16. The number of hydroxylamine groups is 2. The molecule has 0 aromatic heterocycles. The Kier molecular flexibility index (Phi) is 2.93. The zero-order valence-corrected chi connectivity index (χ0v) is 9.66.